The molecule has 0 aromatic rings. The van der Waals surface area contributed by atoms with Crippen LogP contribution in [0, 0.1) is 5.92 Å². The zero-order valence-corrected chi connectivity index (χ0v) is 6.78. The summed E-state index contributed by atoms with van der Waals surface area (Å²) in [5.74, 6) is 0.333. The van der Waals surface area contributed by atoms with Crippen molar-refractivity contribution in [2.75, 3.05) is 0 Å². The number of rotatable bonds is 0. The molecule has 2 unspecified atom stereocenters. The Morgan fingerprint density at radius 3 is 3.30 bits per heavy atom. The Kier molecular flexibility index (Phi) is 1.38. The lowest BCUT2D eigenvalue weighted by atomic mass is 10.00. The van der Waals surface area contributed by atoms with E-state index in [0.29, 0.717) is 5.92 Å². The summed E-state index contributed by atoms with van der Waals surface area (Å²) in [6.07, 6.45) is 7.98. The molecule has 0 fully saturated rings. The van der Waals surface area contributed by atoms with Gasteiger partial charge in [-0.2, -0.15) is 0 Å². The first kappa shape index (κ1) is 6.16. The van der Waals surface area contributed by atoms with Gasteiger partial charge in [-0.1, -0.05) is 33.2 Å². The average molecular weight is 200 g/mol. The van der Waals surface area contributed by atoms with E-state index in [9.17, 15) is 0 Å². The van der Waals surface area contributed by atoms with Gasteiger partial charge in [-0.3, -0.25) is 0 Å². The Hall–Kier alpha value is -0.570. The first-order valence-corrected chi connectivity index (χ1v) is 3.90. The van der Waals surface area contributed by atoms with Crippen LogP contribution in [0.1, 0.15) is 0 Å². The van der Waals surface area contributed by atoms with E-state index in [4.69, 9.17) is 4.84 Å². The van der Waals surface area contributed by atoms with Gasteiger partial charge in [0, 0.05) is 4.48 Å². The lowest BCUT2D eigenvalue weighted by molar-refractivity contribution is 0.103. The molecule has 0 N–H and O–H groups in total. The number of nitrogens with zero attached hydrogens (tertiary/aromatic N) is 1. The number of halogens is 1. The summed E-state index contributed by atoms with van der Waals surface area (Å²) in [4.78, 5) is 5.07. The predicted molar refractivity (Wildman–Crippen MR) is 43.0 cm³/mol. The molecular formula is C7H6BrNO. The molecule has 0 aromatic carbocycles. The van der Waals surface area contributed by atoms with Gasteiger partial charge in [-0.05, 0) is 6.08 Å². The number of oxime groups is 1. The summed E-state index contributed by atoms with van der Waals surface area (Å²) < 4.78 is 1.07. The van der Waals surface area contributed by atoms with E-state index in [0.717, 1.165) is 4.48 Å². The van der Waals surface area contributed by atoms with Crippen molar-refractivity contribution in [3.8, 4) is 0 Å². The molecule has 0 aromatic heterocycles. The van der Waals surface area contributed by atoms with Crippen molar-refractivity contribution < 1.29 is 4.84 Å². The minimum absolute atomic E-state index is 0.102. The molecular weight excluding hydrogens is 194 g/mol. The summed E-state index contributed by atoms with van der Waals surface area (Å²) >= 11 is 3.40. The third-order valence-electron chi connectivity index (χ3n) is 1.62. The van der Waals surface area contributed by atoms with Crippen LogP contribution >= 0.6 is 15.9 Å². The van der Waals surface area contributed by atoms with E-state index in [1.807, 2.05) is 18.4 Å². The highest BCUT2D eigenvalue weighted by Crippen LogP contribution is 2.28. The molecule has 10 heavy (non-hydrogen) atoms. The Morgan fingerprint density at radius 2 is 2.50 bits per heavy atom. The van der Waals surface area contributed by atoms with Gasteiger partial charge >= 0.3 is 0 Å². The molecule has 3 heteroatoms. The molecule has 2 atom stereocenters. The van der Waals surface area contributed by atoms with Crippen molar-refractivity contribution in [3.05, 3.63) is 22.7 Å². The van der Waals surface area contributed by atoms with E-state index >= 15 is 0 Å². The molecule has 0 saturated carbocycles. The zero-order chi connectivity index (χ0) is 6.97. The lowest BCUT2D eigenvalue weighted by Gasteiger charge is -2.14. The number of hydrogen-bond donors (Lipinski definition) is 0. The topological polar surface area (TPSA) is 21.6 Å². The molecule has 52 valence electrons. The van der Waals surface area contributed by atoms with Crippen LogP contribution in [0.25, 0.3) is 0 Å². The summed E-state index contributed by atoms with van der Waals surface area (Å²) in [5.41, 5.74) is 0. The second-order valence-corrected chi connectivity index (χ2v) is 3.21. The first-order chi connectivity index (χ1) is 4.88. The predicted octanol–water partition coefficient (Wildman–Crippen LogP) is 1.84. The fourth-order valence-corrected chi connectivity index (χ4v) is 1.62. The second kappa shape index (κ2) is 2.23. The van der Waals surface area contributed by atoms with Crippen LogP contribution in [0.4, 0.5) is 0 Å². The minimum Gasteiger partial charge on any atom is -0.386 e. The minimum atomic E-state index is 0.102. The van der Waals surface area contributed by atoms with E-state index in [2.05, 4.69) is 27.2 Å². The number of allylic oxidation sites excluding steroid dienone is 2. The van der Waals surface area contributed by atoms with Crippen molar-refractivity contribution in [2.45, 2.75) is 6.10 Å². The molecule has 0 bridgehead atoms. The molecule has 1 aliphatic heterocycles. The van der Waals surface area contributed by atoms with Gasteiger partial charge in [0.25, 0.3) is 0 Å². The highest BCUT2D eigenvalue weighted by Gasteiger charge is 2.28. The average Bonchev–Trinajstić information content (AvgIpc) is 2.36. The van der Waals surface area contributed by atoms with Gasteiger partial charge in [0.1, 0.15) is 0 Å². The molecule has 2 aliphatic rings. The van der Waals surface area contributed by atoms with Gasteiger partial charge < -0.3 is 4.84 Å². The van der Waals surface area contributed by atoms with Gasteiger partial charge in [-0.15, -0.1) is 0 Å². The molecule has 1 aliphatic carbocycles. The first-order valence-electron chi connectivity index (χ1n) is 3.11. The Labute approximate surface area is 67.4 Å². The summed E-state index contributed by atoms with van der Waals surface area (Å²) in [6.45, 7) is 0. The van der Waals surface area contributed by atoms with Crippen molar-refractivity contribution >= 4 is 22.1 Å². The summed E-state index contributed by atoms with van der Waals surface area (Å²) in [6, 6.07) is 0. The third-order valence-corrected chi connectivity index (χ3v) is 2.33. The highest BCUT2D eigenvalue weighted by molar-refractivity contribution is 9.11. The number of hydrogen-bond acceptors (Lipinski definition) is 2. The van der Waals surface area contributed by atoms with Crippen LogP contribution in [-0.2, 0) is 4.84 Å². The van der Waals surface area contributed by atoms with Crippen LogP contribution in [-0.4, -0.2) is 12.3 Å². The van der Waals surface area contributed by atoms with E-state index in [1.165, 1.54) is 0 Å². The van der Waals surface area contributed by atoms with Crippen LogP contribution in [0.2, 0.25) is 0 Å². The van der Waals surface area contributed by atoms with E-state index in [1.54, 1.807) is 0 Å². The maximum Gasteiger partial charge on any atom is 0.170 e. The van der Waals surface area contributed by atoms with E-state index < -0.39 is 0 Å². The van der Waals surface area contributed by atoms with Gasteiger partial charge in [-0.25, -0.2) is 0 Å². The van der Waals surface area contributed by atoms with Crippen molar-refractivity contribution in [3.63, 3.8) is 0 Å². The Balaban J connectivity index is 2.29. The lowest BCUT2D eigenvalue weighted by Crippen LogP contribution is -2.18. The molecule has 0 saturated heterocycles. The largest absolute Gasteiger partial charge is 0.386 e. The van der Waals surface area contributed by atoms with Crippen LogP contribution in [0.3, 0.4) is 0 Å². The monoisotopic (exact) mass is 199 g/mol. The third kappa shape index (κ3) is 0.814. The zero-order valence-electron chi connectivity index (χ0n) is 5.20. The fraction of sp³-hybridized carbons (Fsp3) is 0.286. The molecule has 1 heterocycles. The Morgan fingerprint density at radius 1 is 1.60 bits per heavy atom. The van der Waals surface area contributed by atoms with E-state index in [-0.39, 0.29) is 6.10 Å². The molecule has 0 amide bonds. The van der Waals surface area contributed by atoms with Crippen molar-refractivity contribution in [1.82, 2.24) is 0 Å². The molecule has 2 rings (SSSR count). The van der Waals surface area contributed by atoms with Crippen LogP contribution < -0.4 is 0 Å². The SMILES string of the molecule is BrC1=CC=CC2C=NOC12. The van der Waals surface area contributed by atoms with Gasteiger partial charge in [0.2, 0.25) is 0 Å². The second-order valence-electron chi connectivity index (χ2n) is 2.29. The normalized spacial score (nSPS) is 35.1. The van der Waals surface area contributed by atoms with Crippen LogP contribution in [0.5, 0.6) is 0 Å². The summed E-state index contributed by atoms with van der Waals surface area (Å²) in [7, 11) is 0. The smallest absolute Gasteiger partial charge is 0.170 e. The van der Waals surface area contributed by atoms with Crippen molar-refractivity contribution in [1.29, 1.82) is 0 Å². The van der Waals surface area contributed by atoms with Gasteiger partial charge in [0.15, 0.2) is 6.10 Å². The number of fused-ring (bicyclic) bond motifs is 1. The Bertz CT molecular complexity index is 232. The molecule has 0 radical (unpaired) electrons. The standard InChI is InChI=1S/C7H6BrNO/c8-6-3-1-2-5-4-9-10-7(5)6/h1-5,7H. The molecule has 2 nitrogen and oxygen atoms in total. The molecule has 0 spiro atoms. The quantitative estimate of drug-likeness (QED) is 0.584. The maximum atomic E-state index is 5.07. The fourth-order valence-electron chi connectivity index (χ4n) is 1.07. The highest BCUT2D eigenvalue weighted by atomic mass is 79.9. The summed E-state index contributed by atoms with van der Waals surface area (Å²) in [5, 5.41) is 3.73. The van der Waals surface area contributed by atoms with Crippen molar-refractivity contribution in [2.24, 2.45) is 11.1 Å². The van der Waals surface area contributed by atoms with Crippen LogP contribution in [0.15, 0.2) is 27.9 Å². The van der Waals surface area contributed by atoms with Gasteiger partial charge in [0.05, 0.1) is 12.1 Å². The maximum absolute atomic E-state index is 5.07.